The van der Waals surface area contributed by atoms with Crippen LogP contribution in [0.25, 0.3) is 0 Å². The fraction of sp³-hybridized carbons (Fsp3) is 0.875. The highest BCUT2D eigenvalue weighted by Gasteiger charge is 2.50. The molecule has 0 aromatic carbocycles. The van der Waals surface area contributed by atoms with Gasteiger partial charge in [-0.1, -0.05) is 0 Å². The van der Waals surface area contributed by atoms with Crippen LogP contribution in [0.2, 0.25) is 0 Å². The van der Waals surface area contributed by atoms with Gasteiger partial charge in [-0.15, -0.1) is 17.0 Å². The quantitative estimate of drug-likeness (QED) is 0.665. The fourth-order valence-electron chi connectivity index (χ4n) is 1.93. The molecular formula is C8H15BrN2O. The number of hydrogen-bond acceptors (Lipinski definition) is 2. The number of carbonyl (C=O) groups is 1. The second kappa shape index (κ2) is 3.34. The van der Waals surface area contributed by atoms with E-state index in [4.69, 9.17) is 0 Å². The minimum Gasteiger partial charge on any atom is -0.335 e. The molecule has 0 unspecified atom stereocenters. The third kappa shape index (κ3) is 1.50. The number of nitrogens with zero attached hydrogens (tertiary/aromatic N) is 1. The molecule has 70 valence electrons. The van der Waals surface area contributed by atoms with Crippen molar-refractivity contribution in [1.29, 1.82) is 0 Å². The van der Waals surface area contributed by atoms with Crippen molar-refractivity contribution in [3.8, 4) is 0 Å². The molecule has 2 aliphatic rings. The highest BCUT2D eigenvalue weighted by molar-refractivity contribution is 8.93. The van der Waals surface area contributed by atoms with E-state index in [0.717, 1.165) is 19.6 Å². The standard InChI is InChI=1S/C8H14N2O.BrH/c1-7(11)10-5-4-9-6-8(10)2-3-8;/h9H,2-6H2,1H3;1H. The molecule has 1 N–H and O–H groups in total. The van der Waals surface area contributed by atoms with Gasteiger partial charge in [-0.25, -0.2) is 0 Å². The van der Waals surface area contributed by atoms with Gasteiger partial charge in [0, 0.05) is 26.6 Å². The Balaban J connectivity index is 0.000000720. The van der Waals surface area contributed by atoms with Gasteiger partial charge in [0.05, 0.1) is 5.54 Å². The molecule has 0 aromatic rings. The summed E-state index contributed by atoms with van der Waals surface area (Å²) < 4.78 is 0. The lowest BCUT2D eigenvalue weighted by Crippen LogP contribution is -2.54. The number of nitrogens with one attached hydrogen (secondary N) is 1. The van der Waals surface area contributed by atoms with E-state index in [2.05, 4.69) is 5.32 Å². The molecule has 1 spiro atoms. The van der Waals surface area contributed by atoms with Gasteiger partial charge in [0.2, 0.25) is 5.91 Å². The van der Waals surface area contributed by atoms with Gasteiger partial charge < -0.3 is 10.2 Å². The first-order chi connectivity index (χ1) is 5.25. The molecule has 0 atom stereocenters. The Bertz CT molecular complexity index is 191. The first kappa shape index (κ1) is 9.99. The van der Waals surface area contributed by atoms with Crippen LogP contribution in [-0.4, -0.2) is 36.0 Å². The van der Waals surface area contributed by atoms with Crippen molar-refractivity contribution in [3.63, 3.8) is 0 Å². The number of rotatable bonds is 0. The van der Waals surface area contributed by atoms with Gasteiger partial charge in [-0.3, -0.25) is 4.79 Å². The van der Waals surface area contributed by atoms with Gasteiger partial charge >= 0.3 is 0 Å². The molecule has 1 amide bonds. The van der Waals surface area contributed by atoms with Crippen molar-refractivity contribution in [2.24, 2.45) is 0 Å². The lowest BCUT2D eigenvalue weighted by molar-refractivity contribution is -0.132. The number of halogens is 1. The van der Waals surface area contributed by atoms with Crippen molar-refractivity contribution in [3.05, 3.63) is 0 Å². The summed E-state index contributed by atoms with van der Waals surface area (Å²) in [5.74, 6) is 0.240. The molecule has 12 heavy (non-hydrogen) atoms. The predicted octanol–water partition coefficient (Wildman–Crippen LogP) is 0.549. The van der Waals surface area contributed by atoms with Gasteiger partial charge in [0.25, 0.3) is 0 Å². The second-order valence-corrected chi connectivity index (χ2v) is 3.57. The van der Waals surface area contributed by atoms with E-state index in [1.54, 1.807) is 6.92 Å². The fourth-order valence-corrected chi connectivity index (χ4v) is 1.93. The molecule has 1 aliphatic heterocycles. The topological polar surface area (TPSA) is 32.3 Å². The van der Waals surface area contributed by atoms with Gasteiger partial charge in [0.1, 0.15) is 0 Å². The van der Waals surface area contributed by atoms with Crippen LogP contribution in [0.15, 0.2) is 0 Å². The zero-order chi connectivity index (χ0) is 7.90. The summed E-state index contributed by atoms with van der Waals surface area (Å²) in [6, 6.07) is 0. The van der Waals surface area contributed by atoms with E-state index in [9.17, 15) is 4.79 Å². The maximum absolute atomic E-state index is 11.2. The Morgan fingerprint density at radius 2 is 2.17 bits per heavy atom. The summed E-state index contributed by atoms with van der Waals surface area (Å²) in [5, 5.41) is 3.33. The molecule has 4 heteroatoms. The summed E-state index contributed by atoms with van der Waals surface area (Å²) in [4.78, 5) is 13.2. The van der Waals surface area contributed by atoms with Crippen LogP contribution in [0.4, 0.5) is 0 Å². The average Bonchev–Trinajstić information content (AvgIpc) is 2.70. The van der Waals surface area contributed by atoms with Crippen LogP contribution in [0, 0.1) is 0 Å². The van der Waals surface area contributed by atoms with Crippen molar-refractivity contribution < 1.29 is 4.79 Å². The van der Waals surface area contributed by atoms with Crippen molar-refractivity contribution >= 4 is 22.9 Å². The number of carbonyl (C=O) groups excluding carboxylic acids is 1. The first-order valence-corrected chi connectivity index (χ1v) is 4.24. The molecule has 1 heterocycles. The molecule has 2 fully saturated rings. The summed E-state index contributed by atoms with van der Waals surface area (Å²) in [6.45, 7) is 4.54. The first-order valence-electron chi connectivity index (χ1n) is 4.24. The third-order valence-electron chi connectivity index (χ3n) is 2.75. The molecule has 1 saturated carbocycles. The molecule has 1 saturated heterocycles. The smallest absolute Gasteiger partial charge is 0.219 e. The van der Waals surface area contributed by atoms with Gasteiger partial charge in [-0.2, -0.15) is 0 Å². The van der Waals surface area contributed by atoms with Crippen molar-refractivity contribution in [2.45, 2.75) is 25.3 Å². The highest BCUT2D eigenvalue weighted by Crippen LogP contribution is 2.42. The Hall–Kier alpha value is -0.0900. The Labute approximate surface area is 83.3 Å². The Kier molecular flexibility index (Phi) is 2.78. The average molecular weight is 235 g/mol. The molecule has 3 nitrogen and oxygen atoms in total. The maximum atomic E-state index is 11.2. The summed E-state index contributed by atoms with van der Waals surface area (Å²) in [5.41, 5.74) is 0.240. The zero-order valence-corrected chi connectivity index (χ0v) is 9.01. The minimum atomic E-state index is 0. The highest BCUT2D eigenvalue weighted by atomic mass is 79.9. The SMILES string of the molecule is Br.CC(=O)N1CCNCC12CC2. The van der Waals surface area contributed by atoms with Gasteiger partial charge in [0.15, 0.2) is 0 Å². The molecular weight excluding hydrogens is 220 g/mol. The molecule has 0 bridgehead atoms. The number of hydrogen-bond donors (Lipinski definition) is 1. The molecule has 0 aromatic heterocycles. The van der Waals surface area contributed by atoms with E-state index >= 15 is 0 Å². The lowest BCUT2D eigenvalue weighted by Gasteiger charge is -2.36. The molecule has 1 aliphatic carbocycles. The third-order valence-corrected chi connectivity index (χ3v) is 2.75. The Morgan fingerprint density at radius 1 is 1.50 bits per heavy atom. The van der Waals surface area contributed by atoms with Crippen LogP contribution in [-0.2, 0) is 4.79 Å². The summed E-state index contributed by atoms with van der Waals surface area (Å²) >= 11 is 0. The van der Waals surface area contributed by atoms with Crippen LogP contribution >= 0.6 is 17.0 Å². The van der Waals surface area contributed by atoms with Crippen LogP contribution in [0.1, 0.15) is 19.8 Å². The molecule has 0 radical (unpaired) electrons. The second-order valence-electron chi connectivity index (χ2n) is 3.57. The van der Waals surface area contributed by atoms with E-state index < -0.39 is 0 Å². The largest absolute Gasteiger partial charge is 0.335 e. The van der Waals surface area contributed by atoms with Crippen molar-refractivity contribution in [1.82, 2.24) is 10.2 Å². The minimum absolute atomic E-state index is 0. The van der Waals surface area contributed by atoms with E-state index in [0.29, 0.717) is 0 Å². The van der Waals surface area contributed by atoms with E-state index in [1.165, 1.54) is 12.8 Å². The zero-order valence-electron chi connectivity index (χ0n) is 7.30. The van der Waals surface area contributed by atoms with E-state index in [-0.39, 0.29) is 28.4 Å². The predicted molar refractivity (Wildman–Crippen MR) is 52.5 cm³/mol. The molecule has 2 rings (SSSR count). The lowest BCUT2D eigenvalue weighted by atomic mass is 10.1. The summed E-state index contributed by atoms with van der Waals surface area (Å²) in [7, 11) is 0. The summed E-state index contributed by atoms with van der Waals surface area (Å²) in [6.07, 6.45) is 2.39. The van der Waals surface area contributed by atoms with Crippen LogP contribution < -0.4 is 5.32 Å². The van der Waals surface area contributed by atoms with Crippen LogP contribution in [0.5, 0.6) is 0 Å². The Morgan fingerprint density at radius 3 is 2.58 bits per heavy atom. The number of piperazine rings is 1. The maximum Gasteiger partial charge on any atom is 0.219 e. The van der Waals surface area contributed by atoms with Crippen molar-refractivity contribution in [2.75, 3.05) is 19.6 Å². The number of amides is 1. The monoisotopic (exact) mass is 234 g/mol. The normalized spacial score (nSPS) is 24.9. The van der Waals surface area contributed by atoms with Crippen LogP contribution in [0.3, 0.4) is 0 Å². The van der Waals surface area contributed by atoms with Gasteiger partial charge in [-0.05, 0) is 12.8 Å². The van der Waals surface area contributed by atoms with E-state index in [1.807, 2.05) is 4.90 Å².